The molecule has 1 aromatic carbocycles. The molecule has 1 unspecified atom stereocenters. The van der Waals surface area contributed by atoms with Gasteiger partial charge in [0.05, 0.1) is 5.38 Å². The van der Waals surface area contributed by atoms with E-state index in [1.807, 2.05) is 6.20 Å². The predicted octanol–water partition coefficient (Wildman–Crippen LogP) is 4.15. The topological polar surface area (TPSA) is 28.7 Å². The van der Waals surface area contributed by atoms with E-state index in [-0.39, 0.29) is 5.38 Å². The van der Waals surface area contributed by atoms with Crippen molar-refractivity contribution < 1.29 is 0 Å². The van der Waals surface area contributed by atoms with Crippen LogP contribution in [0.15, 0.2) is 42.7 Å². The third kappa shape index (κ3) is 2.21. The fraction of sp³-hybridized carbons (Fsp3) is 0.154. The van der Waals surface area contributed by atoms with Gasteiger partial charge in [-0.15, -0.1) is 22.9 Å². The quantitative estimate of drug-likeness (QED) is 0.706. The molecule has 0 saturated heterocycles. The van der Waals surface area contributed by atoms with Crippen LogP contribution in [0.2, 0.25) is 0 Å². The molecule has 0 saturated carbocycles. The van der Waals surface area contributed by atoms with E-state index >= 15 is 0 Å². The summed E-state index contributed by atoms with van der Waals surface area (Å²) in [5, 5.41) is 1.25. The third-order valence-corrected chi connectivity index (χ3v) is 4.43. The Morgan fingerprint density at radius 1 is 1.35 bits per heavy atom. The summed E-state index contributed by atoms with van der Waals surface area (Å²) < 4.78 is 1.28. The molecule has 1 N–H and O–H groups in total. The van der Waals surface area contributed by atoms with Crippen molar-refractivity contribution >= 4 is 33.0 Å². The molecule has 2 aromatic heterocycles. The van der Waals surface area contributed by atoms with E-state index in [9.17, 15) is 0 Å². The molecule has 3 aromatic rings. The first-order valence-corrected chi connectivity index (χ1v) is 6.69. The molecule has 3 rings (SSSR count). The molecule has 0 bridgehead atoms. The van der Waals surface area contributed by atoms with Gasteiger partial charge in [-0.3, -0.25) is 0 Å². The first kappa shape index (κ1) is 10.8. The lowest BCUT2D eigenvalue weighted by Gasteiger charge is -2.03. The second kappa shape index (κ2) is 4.51. The zero-order valence-electron chi connectivity index (χ0n) is 9.06. The number of H-pyrrole nitrogens is 1. The maximum absolute atomic E-state index is 6.42. The fourth-order valence-corrected chi connectivity index (χ4v) is 3.22. The van der Waals surface area contributed by atoms with Crippen molar-refractivity contribution in [3.63, 3.8) is 0 Å². The highest BCUT2D eigenvalue weighted by atomic mass is 35.5. The van der Waals surface area contributed by atoms with Crippen molar-refractivity contribution in [2.45, 2.75) is 11.8 Å². The van der Waals surface area contributed by atoms with Gasteiger partial charge in [0.2, 0.25) is 0 Å². The zero-order chi connectivity index (χ0) is 11.7. The van der Waals surface area contributed by atoms with Gasteiger partial charge in [0.25, 0.3) is 0 Å². The first-order chi connectivity index (χ1) is 8.33. The van der Waals surface area contributed by atoms with E-state index in [0.717, 1.165) is 12.2 Å². The van der Waals surface area contributed by atoms with Crippen LogP contribution >= 0.6 is 22.9 Å². The molecule has 86 valence electrons. The molecule has 0 aliphatic carbocycles. The highest BCUT2D eigenvalue weighted by molar-refractivity contribution is 7.19. The number of alkyl halides is 1. The van der Waals surface area contributed by atoms with Gasteiger partial charge in [-0.25, -0.2) is 4.98 Å². The maximum atomic E-state index is 6.42. The van der Waals surface area contributed by atoms with Crippen LogP contribution in [-0.2, 0) is 6.42 Å². The minimum Gasteiger partial charge on any atom is -0.349 e. The van der Waals surface area contributed by atoms with Crippen LogP contribution in [0.25, 0.3) is 10.1 Å². The summed E-state index contributed by atoms with van der Waals surface area (Å²) >= 11 is 8.17. The normalized spacial score (nSPS) is 13.0. The van der Waals surface area contributed by atoms with Crippen LogP contribution in [0.4, 0.5) is 0 Å². The summed E-state index contributed by atoms with van der Waals surface area (Å²) in [7, 11) is 0. The second-order valence-electron chi connectivity index (χ2n) is 3.89. The molecular formula is C13H11ClN2S. The molecule has 1 atom stereocenters. The molecule has 0 aliphatic heterocycles. The summed E-state index contributed by atoms with van der Waals surface area (Å²) in [5.74, 6) is 0.933. The number of aromatic nitrogens is 2. The van der Waals surface area contributed by atoms with Crippen molar-refractivity contribution in [3.8, 4) is 0 Å². The lowest BCUT2D eigenvalue weighted by molar-refractivity contribution is 0.868. The number of rotatable bonds is 3. The summed E-state index contributed by atoms with van der Waals surface area (Å²) in [5.41, 5.74) is 0. The molecule has 2 nitrogen and oxygen atoms in total. The molecule has 2 heterocycles. The van der Waals surface area contributed by atoms with E-state index in [1.54, 1.807) is 17.5 Å². The van der Waals surface area contributed by atoms with Crippen molar-refractivity contribution in [1.29, 1.82) is 0 Å². The summed E-state index contributed by atoms with van der Waals surface area (Å²) in [6.45, 7) is 0. The Bertz CT molecular complexity index is 582. The average molecular weight is 263 g/mol. The number of nitrogens with one attached hydrogen (secondary N) is 1. The Balaban J connectivity index is 1.88. The number of hydrogen-bond acceptors (Lipinski definition) is 2. The van der Waals surface area contributed by atoms with Crippen LogP contribution in [0.1, 0.15) is 16.1 Å². The maximum Gasteiger partial charge on any atom is 0.107 e. The molecule has 0 spiro atoms. The Labute approximate surface area is 108 Å². The second-order valence-corrected chi connectivity index (χ2v) is 5.54. The SMILES string of the molecule is ClC(Cc1ncc[nH]1)c1cc2ccccc2s1. The summed E-state index contributed by atoms with van der Waals surface area (Å²) in [6, 6.07) is 10.5. The largest absolute Gasteiger partial charge is 0.349 e. The van der Waals surface area contributed by atoms with Gasteiger partial charge in [-0.1, -0.05) is 18.2 Å². The monoisotopic (exact) mass is 262 g/mol. The number of halogens is 1. The summed E-state index contributed by atoms with van der Waals surface area (Å²) in [6.07, 6.45) is 4.31. The standard InChI is InChI=1S/C13H11ClN2S/c14-10(8-13-15-5-6-16-13)12-7-9-3-1-2-4-11(9)17-12/h1-7,10H,8H2,(H,15,16). The lowest BCUT2D eigenvalue weighted by Crippen LogP contribution is -1.95. The minimum atomic E-state index is -0.0152. The number of imidazole rings is 1. The van der Waals surface area contributed by atoms with Gasteiger partial charge >= 0.3 is 0 Å². The molecule has 0 aliphatic rings. The van der Waals surface area contributed by atoms with Gasteiger partial charge in [0.1, 0.15) is 5.82 Å². The van der Waals surface area contributed by atoms with Crippen LogP contribution in [-0.4, -0.2) is 9.97 Å². The van der Waals surface area contributed by atoms with Crippen molar-refractivity contribution in [2.24, 2.45) is 0 Å². The molecule has 0 fully saturated rings. The van der Waals surface area contributed by atoms with Crippen LogP contribution in [0.5, 0.6) is 0 Å². The Morgan fingerprint density at radius 2 is 2.24 bits per heavy atom. The first-order valence-electron chi connectivity index (χ1n) is 5.44. The number of benzene rings is 1. The van der Waals surface area contributed by atoms with Gasteiger partial charge < -0.3 is 4.98 Å². The number of hydrogen-bond donors (Lipinski definition) is 1. The Hall–Kier alpha value is -1.32. The minimum absolute atomic E-state index is 0.0152. The lowest BCUT2D eigenvalue weighted by atomic mass is 10.2. The molecule has 17 heavy (non-hydrogen) atoms. The fourth-order valence-electron chi connectivity index (χ4n) is 1.84. The Morgan fingerprint density at radius 3 is 3.00 bits per heavy atom. The number of nitrogens with zero attached hydrogens (tertiary/aromatic N) is 1. The number of thiophene rings is 1. The molecular weight excluding hydrogens is 252 g/mol. The van der Waals surface area contributed by atoms with Crippen LogP contribution in [0, 0.1) is 0 Å². The Kier molecular flexibility index (Phi) is 2.87. The molecule has 0 amide bonds. The highest BCUT2D eigenvalue weighted by Crippen LogP contribution is 2.34. The van der Waals surface area contributed by atoms with Crippen LogP contribution < -0.4 is 0 Å². The predicted molar refractivity (Wildman–Crippen MR) is 72.7 cm³/mol. The molecule has 0 radical (unpaired) electrons. The third-order valence-electron chi connectivity index (χ3n) is 2.68. The van der Waals surface area contributed by atoms with Gasteiger partial charge in [-0.2, -0.15) is 0 Å². The van der Waals surface area contributed by atoms with E-state index < -0.39 is 0 Å². The van der Waals surface area contributed by atoms with E-state index in [1.165, 1.54) is 15.0 Å². The zero-order valence-corrected chi connectivity index (χ0v) is 10.6. The van der Waals surface area contributed by atoms with Crippen LogP contribution in [0.3, 0.4) is 0 Å². The van der Waals surface area contributed by atoms with Crippen molar-refractivity contribution in [2.75, 3.05) is 0 Å². The number of aromatic amines is 1. The van der Waals surface area contributed by atoms with E-state index in [2.05, 4.69) is 40.3 Å². The van der Waals surface area contributed by atoms with Crippen molar-refractivity contribution in [1.82, 2.24) is 9.97 Å². The van der Waals surface area contributed by atoms with Crippen molar-refractivity contribution in [3.05, 3.63) is 53.4 Å². The number of fused-ring (bicyclic) bond motifs is 1. The van der Waals surface area contributed by atoms with Gasteiger partial charge in [0, 0.05) is 28.4 Å². The van der Waals surface area contributed by atoms with E-state index in [0.29, 0.717) is 0 Å². The highest BCUT2D eigenvalue weighted by Gasteiger charge is 2.13. The van der Waals surface area contributed by atoms with Gasteiger partial charge in [-0.05, 0) is 17.5 Å². The summed E-state index contributed by atoms with van der Waals surface area (Å²) in [4.78, 5) is 8.48. The van der Waals surface area contributed by atoms with Gasteiger partial charge in [0.15, 0.2) is 0 Å². The average Bonchev–Trinajstić information content (AvgIpc) is 2.96. The van der Waals surface area contributed by atoms with E-state index in [4.69, 9.17) is 11.6 Å². The molecule has 4 heteroatoms. The smallest absolute Gasteiger partial charge is 0.107 e.